The Balaban J connectivity index is 2.23. The summed E-state index contributed by atoms with van der Waals surface area (Å²) in [6.45, 7) is 3.37. The summed E-state index contributed by atoms with van der Waals surface area (Å²) in [5, 5.41) is 0.492. The smallest absolute Gasteiger partial charge is 0.243 e. The van der Waals surface area contributed by atoms with Gasteiger partial charge in [0, 0.05) is 24.2 Å². The molecule has 0 aliphatic carbocycles. The Morgan fingerprint density at radius 3 is 2.80 bits per heavy atom. The van der Waals surface area contributed by atoms with E-state index in [-0.39, 0.29) is 11.0 Å². The van der Waals surface area contributed by atoms with E-state index in [9.17, 15) is 8.42 Å². The van der Waals surface area contributed by atoms with E-state index in [1.165, 1.54) is 16.4 Å². The highest BCUT2D eigenvalue weighted by Gasteiger charge is 2.28. The zero-order valence-corrected chi connectivity index (χ0v) is 14.3. The van der Waals surface area contributed by atoms with Crippen LogP contribution in [0.5, 0.6) is 0 Å². The first-order valence-electron chi connectivity index (χ1n) is 6.52. The van der Waals surface area contributed by atoms with Crippen molar-refractivity contribution in [2.75, 3.05) is 19.7 Å². The molecule has 4 nitrogen and oxygen atoms in total. The van der Waals surface area contributed by atoms with Gasteiger partial charge in [-0.25, -0.2) is 8.42 Å². The number of ether oxygens (including phenoxy) is 1. The maximum Gasteiger partial charge on any atom is 0.243 e. The third-order valence-corrected chi connectivity index (χ3v) is 6.46. The summed E-state index contributed by atoms with van der Waals surface area (Å²) in [4.78, 5) is 0.244. The molecule has 0 N–H and O–H groups in total. The molecule has 1 heterocycles. The number of likely N-dealkylation sites (N-methyl/N-ethyl adjacent to an activating group) is 1. The highest BCUT2D eigenvalue weighted by atomic mass is 79.9. The maximum absolute atomic E-state index is 12.6. The van der Waals surface area contributed by atoms with Gasteiger partial charge >= 0.3 is 0 Å². The number of sulfonamides is 1. The summed E-state index contributed by atoms with van der Waals surface area (Å²) < 4.78 is 32.8. The van der Waals surface area contributed by atoms with Gasteiger partial charge in [0.15, 0.2) is 0 Å². The minimum Gasteiger partial charge on any atom is -0.377 e. The molecule has 0 radical (unpaired) electrons. The van der Waals surface area contributed by atoms with Gasteiger partial charge in [-0.2, -0.15) is 4.31 Å². The van der Waals surface area contributed by atoms with Crippen LogP contribution in [0.25, 0.3) is 0 Å². The van der Waals surface area contributed by atoms with E-state index >= 15 is 0 Å². The van der Waals surface area contributed by atoms with Crippen molar-refractivity contribution >= 4 is 37.6 Å². The summed E-state index contributed by atoms with van der Waals surface area (Å²) in [5.41, 5.74) is 0. The van der Waals surface area contributed by atoms with Crippen molar-refractivity contribution < 1.29 is 13.2 Å². The fraction of sp³-hybridized carbons (Fsp3) is 0.538. The predicted molar refractivity (Wildman–Crippen MR) is 82.6 cm³/mol. The van der Waals surface area contributed by atoms with Gasteiger partial charge in [-0.3, -0.25) is 0 Å². The quantitative estimate of drug-likeness (QED) is 0.785. The average molecular weight is 383 g/mol. The number of rotatable bonds is 5. The molecule has 1 unspecified atom stereocenters. The number of halogens is 2. The zero-order valence-electron chi connectivity index (χ0n) is 11.2. The van der Waals surface area contributed by atoms with Gasteiger partial charge in [0.05, 0.1) is 16.0 Å². The predicted octanol–water partition coefficient (Wildman–Crippen LogP) is 3.29. The molecule has 0 spiro atoms. The van der Waals surface area contributed by atoms with E-state index in [4.69, 9.17) is 16.3 Å². The Morgan fingerprint density at radius 2 is 2.25 bits per heavy atom. The number of nitrogens with zero attached hydrogens (tertiary/aromatic N) is 1. The van der Waals surface area contributed by atoms with Crippen molar-refractivity contribution in [1.29, 1.82) is 0 Å². The number of hydrogen-bond donors (Lipinski definition) is 0. The minimum atomic E-state index is -3.51. The summed E-state index contributed by atoms with van der Waals surface area (Å²) in [5.74, 6) is 0. The first kappa shape index (κ1) is 16.2. The van der Waals surface area contributed by atoms with Crippen molar-refractivity contribution in [3.05, 3.63) is 27.7 Å². The topological polar surface area (TPSA) is 46.6 Å². The van der Waals surface area contributed by atoms with Gasteiger partial charge in [-0.05, 0) is 47.0 Å². The van der Waals surface area contributed by atoms with E-state index in [1.807, 2.05) is 6.92 Å². The molecule has 7 heteroatoms. The highest BCUT2D eigenvalue weighted by Crippen LogP contribution is 2.27. The minimum absolute atomic E-state index is 0.000431. The average Bonchev–Trinajstić information content (AvgIpc) is 2.91. The van der Waals surface area contributed by atoms with Crippen LogP contribution in [0.15, 0.2) is 27.6 Å². The summed E-state index contributed by atoms with van der Waals surface area (Å²) >= 11 is 9.16. The standard InChI is InChI=1S/C13H17BrClNO3S/c1-2-16(9-10-4-3-7-19-10)20(17,18)11-5-6-13(15)12(14)8-11/h5-6,8,10H,2-4,7,9H2,1H3. The second kappa shape index (κ2) is 6.75. The molecule has 1 aliphatic rings. The molecule has 20 heavy (non-hydrogen) atoms. The Bertz CT molecular complexity index is 573. The largest absolute Gasteiger partial charge is 0.377 e. The normalized spacial score (nSPS) is 19.7. The fourth-order valence-electron chi connectivity index (χ4n) is 2.20. The molecule has 1 atom stereocenters. The lowest BCUT2D eigenvalue weighted by Crippen LogP contribution is -2.37. The van der Waals surface area contributed by atoms with E-state index < -0.39 is 10.0 Å². The third kappa shape index (κ3) is 3.54. The van der Waals surface area contributed by atoms with Gasteiger partial charge in [-0.1, -0.05) is 18.5 Å². The van der Waals surface area contributed by atoms with Crippen molar-refractivity contribution in [2.45, 2.75) is 30.8 Å². The molecule has 1 fully saturated rings. The lowest BCUT2D eigenvalue weighted by atomic mass is 10.2. The highest BCUT2D eigenvalue weighted by molar-refractivity contribution is 9.10. The molecule has 112 valence electrons. The number of hydrogen-bond acceptors (Lipinski definition) is 3. The van der Waals surface area contributed by atoms with Crippen molar-refractivity contribution in [1.82, 2.24) is 4.31 Å². The molecular formula is C13H17BrClNO3S. The summed E-state index contributed by atoms with van der Waals surface area (Å²) in [6, 6.07) is 4.65. The fourth-order valence-corrected chi connectivity index (χ4v) is 4.35. The number of benzene rings is 1. The lowest BCUT2D eigenvalue weighted by Gasteiger charge is -2.23. The molecule has 0 bridgehead atoms. The van der Waals surface area contributed by atoms with Gasteiger partial charge in [0.1, 0.15) is 0 Å². The van der Waals surface area contributed by atoms with Crippen LogP contribution < -0.4 is 0 Å². The summed E-state index contributed by atoms with van der Waals surface area (Å²) in [6.07, 6.45) is 1.91. The van der Waals surface area contributed by atoms with Crippen LogP contribution in [0.4, 0.5) is 0 Å². The Kier molecular flexibility index (Phi) is 5.48. The van der Waals surface area contributed by atoms with Gasteiger partial charge in [0.2, 0.25) is 10.0 Å². The van der Waals surface area contributed by atoms with E-state index in [0.29, 0.717) is 22.6 Å². The molecule has 0 aromatic heterocycles. The van der Waals surface area contributed by atoms with Gasteiger partial charge in [-0.15, -0.1) is 0 Å². The third-order valence-electron chi connectivity index (χ3n) is 3.31. The van der Waals surface area contributed by atoms with Gasteiger partial charge < -0.3 is 4.74 Å². The van der Waals surface area contributed by atoms with Crippen LogP contribution >= 0.6 is 27.5 Å². The molecule has 0 amide bonds. The molecule has 2 rings (SSSR count). The Labute approximate surface area is 133 Å². The Hall–Kier alpha value is -0.140. The van der Waals surface area contributed by atoms with Crippen molar-refractivity contribution in [3.8, 4) is 0 Å². The van der Waals surface area contributed by atoms with Crippen LogP contribution in [0.2, 0.25) is 5.02 Å². The van der Waals surface area contributed by atoms with Crippen LogP contribution in [-0.4, -0.2) is 38.5 Å². The molecular weight excluding hydrogens is 366 g/mol. The van der Waals surface area contributed by atoms with Gasteiger partial charge in [0.25, 0.3) is 0 Å². The van der Waals surface area contributed by atoms with Crippen LogP contribution in [0.3, 0.4) is 0 Å². The molecule has 1 aromatic carbocycles. The maximum atomic E-state index is 12.6. The zero-order chi connectivity index (χ0) is 14.8. The first-order valence-corrected chi connectivity index (χ1v) is 9.13. The monoisotopic (exact) mass is 381 g/mol. The van der Waals surface area contributed by atoms with Crippen LogP contribution in [0, 0.1) is 0 Å². The SMILES string of the molecule is CCN(CC1CCCO1)S(=O)(=O)c1ccc(Cl)c(Br)c1. The van der Waals surface area contributed by atoms with Crippen LogP contribution in [0.1, 0.15) is 19.8 Å². The van der Waals surface area contributed by atoms with E-state index in [0.717, 1.165) is 19.4 Å². The van der Waals surface area contributed by atoms with E-state index in [2.05, 4.69) is 15.9 Å². The molecule has 1 aliphatic heterocycles. The van der Waals surface area contributed by atoms with Crippen molar-refractivity contribution in [2.24, 2.45) is 0 Å². The van der Waals surface area contributed by atoms with Crippen molar-refractivity contribution in [3.63, 3.8) is 0 Å². The van der Waals surface area contributed by atoms with Crippen LogP contribution in [-0.2, 0) is 14.8 Å². The molecule has 1 saturated heterocycles. The summed E-state index contributed by atoms with van der Waals surface area (Å²) in [7, 11) is -3.51. The lowest BCUT2D eigenvalue weighted by molar-refractivity contribution is 0.0947. The molecule has 1 aromatic rings. The molecule has 0 saturated carbocycles. The second-order valence-electron chi connectivity index (χ2n) is 4.67. The van der Waals surface area contributed by atoms with E-state index in [1.54, 1.807) is 6.07 Å². The Morgan fingerprint density at radius 1 is 1.50 bits per heavy atom. The second-order valence-corrected chi connectivity index (χ2v) is 7.87. The first-order chi connectivity index (χ1) is 9.45.